The summed E-state index contributed by atoms with van der Waals surface area (Å²) in [5.41, 5.74) is 8.26. The van der Waals surface area contributed by atoms with E-state index in [1.165, 1.54) is 0 Å². The molecule has 112 valence electrons. The van der Waals surface area contributed by atoms with Gasteiger partial charge in [-0.05, 0) is 62.3 Å². The Hall–Kier alpha value is -1.79. The zero-order chi connectivity index (χ0) is 15.2. The maximum atomic E-state index is 12.3. The minimum atomic E-state index is 0.155. The molecule has 2 rings (SSSR count). The van der Waals surface area contributed by atoms with E-state index in [-0.39, 0.29) is 11.8 Å². The molecule has 3 heteroatoms. The molecule has 21 heavy (non-hydrogen) atoms. The average molecular weight is 284 g/mol. The Bertz CT molecular complexity index is 560. The Morgan fingerprint density at radius 1 is 1.33 bits per heavy atom. The number of amides is 1. The van der Waals surface area contributed by atoms with Gasteiger partial charge in [0.15, 0.2) is 0 Å². The van der Waals surface area contributed by atoms with Crippen LogP contribution in [-0.4, -0.2) is 12.5 Å². The van der Waals surface area contributed by atoms with Crippen molar-refractivity contribution >= 4 is 11.6 Å². The quantitative estimate of drug-likeness (QED) is 0.820. The molecule has 1 aliphatic carbocycles. The van der Waals surface area contributed by atoms with Crippen molar-refractivity contribution in [2.75, 3.05) is 11.9 Å². The molecule has 3 nitrogen and oxygen atoms in total. The zero-order valence-electron chi connectivity index (χ0n) is 12.9. The van der Waals surface area contributed by atoms with Crippen molar-refractivity contribution in [2.24, 2.45) is 17.6 Å². The van der Waals surface area contributed by atoms with Crippen LogP contribution in [0.4, 0.5) is 5.69 Å². The number of aryl methyl sites for hydroxylation is 1. The van der Waals surface area contributed by atoms with Crippen molar-refractivity contribution in [3.63, 3.8) is 0 Å². The van der Waals surface area contributed by atoms with Crippen LogP contribution < -0.4 is 11.1 Å². The number of benzene rings is 1. The Kier molecular flexibility index (Phi) is 5.41. The van der Waals surface area contributed by atoms with Crippen LogP contribution in [-0.2, 0) is 4.79 Å². The van der Waals surface area contributed by atoms with Crippen LogP contribution in [0.2, 0.25) is 0 Å². The van der Waals surface area contributed by atoms with Gasteiger partial charge in [0.2, 0.25) is 5.91 Å². The molecule has 3 N–H and O–H groups in total. The van der Waals surface area contributed by atoms with E-state index >= 15 is 0 Å². The van der Waals surface area contributed by atoms with E-state index in [9.17, 15) is 4.79 Å². The van der Waals surface area contributed by atoms with Gasteiger partial charge in [0.25, 0.3) is 0 Å². The highest BCUT2D eigenvalue weighted by Crippen LogP contribution is 2.29. The van der Waals surface area contributed by atoms with Gasteiger partial charge in [-0.3, -0.25) is 4.79 Å². The number of nitrogens with one attached hydrogen (secondary N) is 1. The number of hydrogen-bond donors (Lipinski definition) is 2. The first-order valence-corrected chi connectivity index (χ1v) is 7.70. The molecule has 0 aliphatic heterocycles. The zero-order valence-corrected chi connectivity index (χ0v) is 12.9. The summed E-state index contributed by atoms with van der Waals surface area (Å²) in [6.07, 6.45) is 4.33. The molecule has 1 amide bonds. The highest BCUT2D eigenvalue weighted by atomic mass is 16.1. The number of rotatable bonds is 2. The van der Waals surface area contributed by atoms with Gasteiger partial charge < -0.3 is 11.1 Å². The van der Waals surface area contributed by atoms with E-state index in [0.29, 0.717) is 6.54 Å². The van der Waals surface area contributed by atoms with Crippen molar-refractivity contribution in [3.05, 3.63) is 29.3 Å². The summed E-state index contributed by atoms with van der Waals surface area (Å²) in [5.74, 6) is 6.97. The Balaban J connectivity index is 1.99. The lowest BCUT2D eigenvalue weighted by Crippen LogP contribution is -2.26. The molecule has 0 saturated heterocycles. The third-order valence-electron chi connectivity index (χ3n) is 4.21. The maximum absolute atomic E-state index is 12.3. The first kappa shape index (κ1) is 15.6. The Morgan fingerprint density at radius 3 is 2.67 bits per heavy atom. The molecule has 1 aromatic rings. The second-order valence-electron chi connectivity index (χ2n) is 5.98. The lowest BCUT2D eigenvalue weighted by Gasteiger charge is -2.25. The number of carbonyl (C=O) groups excluding carboxylic acids is 1. The smallest absolute Gasteiger partial charge is 0.227 e. The van der Waals surface area contributed by atoms with Crippen LogP contribution in [0.3, 0.4) is 0 Å². The third kappa shape index (κ3) is 4.34. The summed E-state index contributed by atoms with van der Waals surface area (Å²) in [7, 11) is 0. The second kappa shape index (κ2) is 7.28. The number of nitrogens with two attached hydrogens (primary N) is 1. The van der Waals surface area contributed by atoms with Gasteiger partial charge in [-0.15, -0.1) is 0 Å². The van der Waals surface area contributed by atoms with E-state index in [1.54, 1.807) is 0 Å². The van der Waals surface area contributed by atoms with E-state index < -0.39 is 0 Å². The van der Waals surface area contributed by atoms with E-state index in [2.05, 4.69) is 24.1 Å². The van der Waals surface area contributed by atoms with Gasteiger partial charge in [0, 0.05) is 17.2 Å². The van der Waals surface area contributed by atoms with Crippen LogP contribution in [0.5, 0.6) is 0 Å². The molecule has 1 saturated carbocycles. The lowest BCUT2D eigenvalue weighted by molar-refractivity contribution is -0.121. The highest BCUT2D eigenvalue weighted by Gasteiger charge is 2.24. The van der Waals surface area contributed by atoms with Gasteiger partial charge >= 0.3 is 0 Å². The van der Waals surface area contributed by atoms with Crippen molar-refractivity contribution in [3.8, 4) is 11.8 Å². The molecule has 0 heterocycles. The number of carbonyl (C=O) groups is 1. The lowest BCUT2D eigenvalue weighted by atomic mass is 9.82. The van der Waals surface area contributed by atoms with Crippen molar-refractivity contribution in [1.82, 2.24) is 0 Å². The topological polar surface area (TPSA) is 55.1 Å². The molecule has 1 fully saturated rings. The molecule has 0 aromatic heterocycles. The molecule has 0 radical (unpaired) electrons. The van der Waals surface area contributed by atoms with Crippen LogP contribution in [0, 0.1) is 30.6 Å². The van der Waals surface area contributed by atoms with Crippen molar-refractivity contribution < 1.29 is 4.79 Å². The van der Waals surface area contributed by atoms with Gasteiger partial charge in [0.1, 0.15) is 0 Å². The number of anilines is 1. The molecule has 0 atom stereocenters. The molecule has 0 bridgehead atoms. The largest absolute Gasteiger partial charge is 0.326 e. The normalized spacial score (nSPS) is 21.3. The predicted octanol–water partition coefficient (Wildman–Crippen LogP) is 3.07. The molecule has 1 aromatic carbocycles. The Morgan fingerprint density at radius 2 is 2.05 bits per heavy atom. The van der Waals surface area contributed by atoms with E-state index in [4.69, 9.17) is 5.73 Å². The van der Waals surface area contributed by atoms with Gasteiger partial charge in [-0.1, -0.05) is 18.8 Å². The third-order valence-corrected chi connectivity index (χ3v) is 4.21. The molecule has 1 aliphatic rings. The van der Waals surface area contributed by atoms with Gasteiger partial charge in [-0.2, -0.15) is 0 Å². The fraction of sp³-hybridized carbons (Fsp3) is 0.500. The fourth-order valence-corrected chi connectivity index (χ4v) is 2.79. The first-order chi connectivity index (χ1) is 10.1. The van der Waals surface area contributed by atoms with Crippen LogP contribution in [0.15, 0.2) is 18.2 Å². The Labute approximate surface area is 127 Å². The summed E-state index contributed by atoms with van der Waals surface area (Å²) in [5, 5.41) is 3.04. The van der Waals surface area contributed by atoms with E-state index in [1.807, 2.05) is 25.1 Å². The molecule has 0 spiro atoms. The fourth-order valence-electron chi connectivity index (χ4n) is 2.79. The minimum Gasteiger partial charge on any atom is -0.326 e. The maximum Gasteiger partial charge on any atom is 0.227 e. The monoisotopic (exact) mass is 284 g/mol. The standard InChI is InChI=1S/C18H24N2O/c1-13-5-7-16(8-6-13)18(21)20-17-10-9-15(4-3-11-19)14(2)12-17/h9-10,12-13,16H,5-8,11,19H2,1-2H3,(H,20,21). The van der Waals surface area contributed by atoms with Crippen molar-refractivity contribution in [2.45, 2.75) is 39.5 Å². The molecular weight excluding hydrogens is 260 g/mol. The minimum absolute atomic E-state index is 0.155. The molecular formula is C18H24N2O. The second-order valence-corrected chi connectivity index (χ2v) is 5.98. The average Bonchev–Trinajstić information content (AvgIpc) is 2.47. The van der Waals surface area contributed by atoms with Crippen LogP contribution >= 0.6 is 0 Å². The SMILES string of the molecule is Cc1cc(NC(=O)C2CCC(C)CC2)ccc1C#CCN. The van der Waals surface area contributed by atoms with Crippen LogP contribution in [0.1, 0.15) is 43.7 Å². The van der Waals surface area contributed by atoms with Crippen molar-refractivity contribution in [1.29, 1.82) is 0 Å². The number of hydrogen-bond acceptors (Lipinski definition) is 2. The first-order valence-electron chi connectivity index (χ1n) is 7.70. The summed E-state index contributed by atoms with van der Waals surface area (Å²) < 4.78 is 0. The van der Waals surface area contributed by atoms with Gasteiger partial charge in [0.05, 0.1) is 6.54 Å². The summed E-state index contributed by atoms with van der Waals surface area (Å²) in [6, 6.07) is 5.83. The van der Waals surface area contributed by atoms with Gasteiger partial charge in [-0.25, -0.2) is 0 Å². The summed E-state index contributed by atoms with van der Waals surface area (Å²) >= 11 is 0. The van der Waals surface area contributed by atoms with E-state index in [0.717, 1.165) is 48.4 Å². The molecule has 0 unspecified atom stereocenters. The van der Waals surface area contributed by atoms with Crippen LogP contribution in [0.25, 0.3) is 0 Å². The predicted molar refractivity (Wildman–Crippen MR) is 86.9 cm³/mol. The highest BCUT2D eigenvalue weighted by molar-refractivity contribution is 5.92. The summed E-state index contributed by atoms with van der Waals surface area (Å²) in [4.78, 5) is 12.3. The summed E-state index contributed by atoms with van der Waals surface area (Å²) in [6.45, 7) is 4.62.